The molecule has 0 spiro atoms. The number of sulfonamides is 1. The Labute approximate surface area is 149 Å². The van der Waals surface area contributed by atoms with Crippen molar-refractivity contribution in [3.63, 3.8) is 0 Å². The van der Waals surface area contributed by atoms with Gasteiger partial charge in [0, 0.05) is 43.5 Å². The molecule has 0 radical (unpaired) electrons. The van der Waals surface area contributed by atoms with Gasteiger partial charge in [0.25, 0.3) is 0 Å². The Morgan fingerprint density at radius 2 is 1.56 bits per heavy atom. The van der Waals surface area contributed by atoms with Crippen LogP contribution < -0.4 is 10.0 Å². The van der Waals surface area contributed by atoms with E-state index in [0.717, 1.165) is 18.7 Å². The molecule has 2 bridgehead atoms. The maximum absolute atomic E-state index is 11.8. The first-order chi connectivity index (χ1) is 12.0. The lowest BCUT2D eigenvalue weighted by atomic mass is 10.0. The number of rotatable bonds is 3. The van der Waals surface area contributed by atoms with Crippen LogP contribution in [0.2, 0.25) is 0 Å². The number of benzene rings is 2. The number of hydrogen-bond donors (Lipinski definition) is 1. The molecule has 2 aromatic rings. The minimum atomic E-state index is -3.74. The maximum Gasteiger partial charge on any atom is 0.238 e. The van der Waals surface area contributed by atoms with Crippen molar-refractivity contribution < 1.29 is 8.42 Å². The lowest BCUT2D eigenvalue weighted by molar-refractivity contribution is 0.250. The van der Waals surface area contributed by atoms with Gasteiger partial charge in [0.2, 0.25) is 10.0 Å². The molecule has 3 fully saturated rings. The van der Waals surface area contributed by atoms with Gasteiger partial charge in [-0.2, -0.15) is 0 Å². The molecule has 0 aromatic heterocycles. The van der Waals surface area contributed by atoms with Gasteiger partial charge in [-0.05, 0) is 36.6 Å². The predicted octanol–water partition coefficient (Wildman–Crippen LogP) is 2.29. The van der Waals surface area contributed by atoms with Crippen molar-refractivity contribution in [2.75, 3.05) is 31.1 Å². The Balaban J connectivity index is 1.65. The molecule has 3 heterocycles. The van der Waals surface area contributed by atoms with Crippen molar-refractivity contribution in [1.82, 2.24) is 4.90 Å². The first-order valence-corrected chi connectivity index (χ1v) is 10.3. The second kappa shape index (κ2) is 6.44. The summed E-state index contributed by atoms with van der Waals surface area (Å²) in [6, 6.07) is 15.7. The molecule has 0 aliphatic carbocycles. The highest BCUT2D eigenvalue weighted by molar-refractivity contribution is 7.89. The fourth-order valence-electron chi connectivity index (χ4n) is 4.01. The zero-order valence-electron chi connectivity index (χ0n) is 14.1. The second-order valence-electron chi connectivity index (χ2n) is 6.85. The summed E-state index contributed by atoms with van der Waals surface area (Å²) in [5.41, 5.74) is 2.74. The Bertz CT molecular complexity index is 856. The Kier molecular flexibility index (Phi) is 4.27. The van der Waals surface area contributed by atoms with Gasteiger partial charge in [-0.3, -0.25) is 0 Å². The van der Waals surface area contributed by atoms with E-state index < -0.39 is 10.0 Å². The lowest BCUT2D eigenvalue weighted by Crippen LogP contribution is -2.37. The number of hydrogen-bond acceptors (Lipinski definition) is 4. The van der Waals surface area contributed by atoms with Crippen LogP contribution in [0.5, 0.6) is 0 Å². The largest absolute Gasteiger partial charge is 0.367 e. The van der Waals surface area contributed by atoms with Crippen LogP contribution >= 0.6 is 0 Å². The molecule has 3 aliphatic rings. The van der Waals surface area contributed by atoms with Crippen LogP contribution in [-0.4, -0.2) is 45.5 Å². The molecule has 0 amide bonds. The van der Waals surface area contributed by atoms with E-state index in [0.29, 0.717) is 11.6 Å². The summed E-state index contributed by atoms with van der Waals surface area (Å²) in [4.78, 5) is 5.21. The summed E-state index contributed by atoms with van der Waals surface area (Å²) >= 11 is 0. The van der Waals surface area contributed by atoms with Gasteiger partial charge in [-0.1, -0.05) is 30.3 Å². The van der Waals surface area contributed by atoms with E-state index in [4.69, 9.17) is 5.14 Å². The summed E-state index contributed by atoms with van der Waals surface area (Å²) in [5, 5.41) is 5.36. The summed E-state index contributed by atoms with van der Waals surface area (Å²) in [5.74, 6) is 0. The number of piperidine rings is 1. The Hall–Kier alpha value is -1.89. The molecule has 2 aromatic carbocycles. The molecule has 0 saturated carbocycles. The van der Waals surface area contributed by atoms with Crippen LogP contribution in [0.3, 0.4) is 0 Å². The van der Waals surface area contributed by atoms with Crippen LogP contribution in [0.15, 0.2) is 53.4 Å². The topological polar surface area (TPSA) is 66.6 Å². The van der Waals surface area contributed by atoms with Gasteiger partial charge in [0.05, 0.1) is 4.90 Å². The Morgan fingerprint density at radius 3 is 2.24 bits per heavy atom. The summed E-state index contributed by atoms with van der Waals surface area (Å²) < 4.78 is 23.7. The van der Waals surface area contributed by atoms with E-state index in [1.54, 1.807) is 18.2 Å². The van der Waals surface area contributed by atoms with Crippen LogP contribution in [0.25, 0.3) is 11.1 Å². The molecule has 6 heteroatoms. The average molecular weight is 357 g/mol. The monoisotopic (exact) mass is 357 g/mol. The molecule has 3 saturated heterocycles. The highest BCUT2D eigenvalue weighted by atomic mass is 32.2. The highest BCUT2D eigenvalue weighted by Gasteiger charge is 2.29. The van der Waals surface area contributed by atoms with Crippen molar-refractivity contribution in [2.24, 2.45) is 5.14 Å². The molecule has 2 N–H and O–H groups in total. The average Bonchev–Trinajstić information content (AvgIpc) is 2.95. The lowest BCUT2D eigenvalue weighted by Gasteiger charge is -2.33. The zero-order chi connectivity index (χ0) is 17.4. The van der Waals surface area contributed by atoms with Gasteiger partial charge in [-0.15, -0.1) is 0 Å². The normalized spacial score (nSPS) is 23.5. The first-order valence-electron chi connectivity index (χ1n) is 8.74. The SMILES string of the molecule is NS(=O)(=O)c1ccccc1-c1ccc(N2CCN3CCC2CC3)cc1. The predicted molar refractivity (Wildman–Crippen MR) is 100 cm³/mol. The fraction of sp³-hybridized carbons (Fsp3) is 0.368. The number of anilines is 1. The van der Waals surface area contributed by atoms with Gasteiger partial charge in [0.15, 0.2) is 0 Å². The highest BCUT2D eigenvalue weighted by Crippen LogP contribution is 2.31. The smallest absolute Gasteiger partial charge is 0.238 e. The van der Waals surface area contributed by atoms with Crippen LogP contribution in [0.1, 0.15) is 12.8 Å². The summed E-state index contributed by atoms with van der Waals surface area (Å²) in [7, 11) is -3.74. The first kappa shape index (κ1) is 16.6. The van der Waals surface area contributed by atoms with Crippen LogP contribution in [0, 0.1) is 0 Å². The fourth-order valence-corrected chi connectivity index (χ4v) is 4.77. The molecule has 132 valence electrons. The number of nitrogens with two attached hydrogens (primary N) is 1. The van der Waals surface area contributed by atoms with E-state index in [2.05, 4.69) is 21.9 Å². The molecular formula is C19H23N3O2S. The van der Waals surface area contributed by atoms with E-state index in [-0.39, 0.29) is 4.90 Å². The van der Waals surface area contributed by atoms with Crippen molar-refractivity contribution in [1.29, 1.82) is 0 Å². The third kappa shape index (κ3) is 3.29. The second-order valence-corrected chi connectivity index (χ2v) is 8.38. The molecule has 25 heavy (non-hydrogen) atoms. The van der Waals surface area contributed by atoms with Crippen molar-refractivity contribution in [3.05, 3.63) is 48.5 Å². The molecule has 0 atom stereocenters. The minimum Gasteiger partial charge on any atom is -0.367 e. The number of fused-ring (bicyclic) bond motifs is 4. The molecule has 3 aliphatic heterocycles. The molecule has 5 nitrogen and oxygen atoms in total. The van der Waals surface area contributed by atoms with Gasteiger partial charge >= 0.3 is 0 Å². The third-order valence-corrected chi connectivity index (χ3v) is 6.33. The number of nitrogens with zero attached hydrogens (tertiary/aromatic N) is 2. The molecule has 0 unspecified atom stereocenters. The summed E-state index contributed by atoms with van der Waals surface area (Å²) in [6.07, 6.45) is 2.44. The third-order valence-electron chi connectivity index (χ3n) is 5.36. The summed E-state index contributed by atoms with van der Waals surface area (Å²) in [6.45, 7) is 4.56. The Morgan fingerprint density at radius 1 is 0.880 bits per heavy atom. The van der Waals surface area contributed by atoms with Gasteiger partial charge in [0.1, 0.15) is 0 Å². The maximum atomic E-state index is 11.8. The van der Waals surface area contributed by atoms with E-state index >= 15 is 0 Å². The van der Waals surface area contributed by atoms with E-state index in [1.165, 1.54) is 31.6 Å². The zero-order valence-corrected chi connectivity index (χ0v) is 15.0. The molecular weight excluding hydrogens is 334 g/mol. The van der Waals surface area contributed by atoms with Crippen LogP contribution in [-0.2, 0) is 10.0 Å². The quantitative estimate of drug-likeness (QED) is 0.915. The van der Waals surface area contributed by atoms with E-state index in [1.807, 2.05) is 18.2 Å². The standard InChI is InChI=1S/C19H23N3O2S/c20-25(23,24)19-4-2-1-3-18(19)15-5-7-16(8-6-15)22-14-13-21-11-9-17(22)10-12-21/h1-8,17H,9-14H2,(H2,20,23,24). The van der Waals surface area contributed by atoms with Crippen LogP contribution in [0.4, 0.5) is 5.69 Å². The number of primary sulfonamides is 1. The van der Waals surface area contributed by atoms with Crippen molar-refractivity contribution in [2.45, 2.75) is 23.8 Å². The van der Waals surface area contributed by atoms with Crippen molar-refractivity contribution >= 4 is 15.7 Å². The molecule has 5 rings (SSSR count). The minimum absolute atomic E-state index is 0.170. The van der Waals surface area contributed by atoms with Gasteiger partial charge < -0.3 is 9.80 Å². The van der Waals surface area contributed by atoms with Gasteiger partial charge in [-0.25, -0.2) is 13.6 Å². The van der Waals surface area contributed by atoms with E-state index in [9.17, 15) is 8.42 Å². The van der Waals surface area contributed by atoms with Crippen molar-refractivity contribution in [3.8, 4) is 11.1 Å².